The summed E-state index contributed by atoms with van der Waals surface area (Å²) < 4.78 is 60.5. The zero-order chi connectivity index (χ0) is 9.78. The Balaban J connectivity index is 3.90. The van der Waals surface area contributed by atoms with Gasteiger partial charge in [0, 0.05) is 6.42 Å². The summed E-state index contributed by atoms with van der Waals surface area (Å²) in [5, 5.41) is 0. The van der Waals surface area contributed by atoms with Crippen molar-refractivity contribution in [3.05, 3.63) is 0 Å². The monoisotopic (exact) mass is 190 g/mol. The van der Waals surface area contributed by atoms with Gasteiger partial charge in [-0.05, 0) is 6.42 Å². The highest BCUT2D eigenvalue weighted by Crippen LogP contribution is 2.25. The quantitative estimate of drug-likeness (QED) is 0.584. The maximum absolute atomic E-state index is 12.5. The largest absolute Gasteiger partial charge is 0.278 e. The highest BCUT2D eigenvalue weighted by atomic mass is 19.3. The summed E-state index contributed by atoms with van der Waals surface area (Å²) >= 11 is 0. The molecule has 2 atom stereocenters. The molecule has 0 radical (unpaired) electrons. The van der Waals surface area contributed by atoms with E-state index >= 15 is 0 Å². The van der Waals surface area contributed by atoms with Gasteiger partial charge in [0.15, 0.2) is 6.67 Å². The van der Waals surface area contributed by atoms with Crippen LogP contribution in [0.1, 0.15) is 19.8 Å². The van der Waals surface area contributed by atoms with Crippen LogP contribution in [0.2, 0.25) is 0 Å². The summed E-state index contributed by atoms with van der Waals surface area (Å²) in [5.74, 6) is -3.74. The van der Waals surface area contributed by atoms with Gasteiger partial charge >= 0.3 is 0 Å². The third-order valence-corrected chi connectivity index (χ3v) is 1.47. The molecule has 0 heterocycles. The van der Waals surface area contributed by atoms with Gasteiger partial charge in [-0.1, -0.05) is 6.92 Å². The van der Waals surface area contributed by atoms with E-state index in [1.165, 1.54) is 6.92 Å². The molecule has 0 saturated heterocycles. The molecular weight excluding hydrogens is 179 g/mol. The van der Waals surface area contributed by atoms with Gasteiger partial charge in [-0.2, -0.15) is 0 Å². The van der Waals surface area contributed by atoms with E-state index in [2.05, 4.69) is 0 Å². The molecular formula is C7H11F5. The predicted octanol–water partition coefficient (Wildman–Crippen LogP) is 3.07. The van der Waals surface area contributed by atoms with Gasteiger partial charge in [-0.3, -0.25) is 0 Å². The van der Waals surface area contributed by atoms with Crippen molar-refractivity contribution >= 4 is 0 Å². The van der Waals surface area contributed by atoms with Crippen LogP contribution in [0, 0.1) is 0 Å². The molecule has 0 aliphatic carbocycles. The van der Waals surface area contributed by atoms with Gasteiger partial charge in [0.2, 0.25) is 0 Å². The van der Waals surface area contributed by atoms with Crippen LogP contribution in [-0.2, 0) is 0 Å². The minimum Gasteiger partial charge on any atom is -0.244 e. The highest BCUT2D eigenvalue weighted by Gasteiger charge is 2.35. The van der Waals surface area contributed by atoms with Gasteiger partial charge in [0.05, 0.1) is 0 Å². The Hall–Kier alpha value is -0.350. The normalized spacial score (nSPS) is 17.5. The molecule has 5 heteroatoms. The van der Waals surface area contributed by atoms with Crippen LogP contribution in [0.5, 0.6) is 0 Å². The Morgan fingerprint density at radius 3 is 2.00 bits per heavy atom. The standard InChI is InChI=1S/C7H11F5/c1-2-5(9)6(10)3-7(11,12)4-8/h5-6H,2-4H2,1H3/t5?,6-/m0/s1. The smallest absolute Gasteiger partial charge is 0.244 e. The third-order valence-electron chi connectivity index (χ3n) is 1.47. The Labute approximate surface area is 67.8 Å². The van der Waals surface area contributed by atoms with Crippen molar-refractivity contribution in [2.24, 2.45) is 0 Å². The van der Waals surface area contributed by atoms with E-state index in [1.807, 2.05) is 0 Å². The molecule has 74 valence electrons. The first-order valence-electron chi connectivity index (χ1n) is 3.65. The van der Waals surface area contributed by atoms with Crippen molar-refractivity contribution in [3.8, 4) is 0 Å². The van der Waals surface area contributed by atoms with Gasteiger partial charge in [0.25, 0.3) is 5.92 Å². The van der Waals surface area contributed by atoms with Crippen molar-refractivity contribution in [2.45, 2.75) is 38.0 Å². The second-order valence-electron chi connectivity index (χ2n) is 2.63. The zero-order valence-corrected chi connectivity index (χ0v) is 6.67. The van der Waals surface area contributed by atoms with E-state index in [4.69, 9.17) is 0 Å². The molecule has 0 nitrogen and oxygen atoms in total. The van der Waals surface area contributed by atoms with Gasteiger partial charge in [-0.25, -0.2) is 22.0 Å². The van der Waals surface area contributed by atoms with E-state index in [9.17, 15) is 22.0 Å². The van der Waals surface area contributed by atoms with Crippen molar-refractivity contribution in [3.63, 3.8) is 0 Å². The van der Waals surface area contributed by atoms with Crippen LogP contribution >= 0.6 is 0 Å². The molecule has 0 amide bonds. The maximum Gasteiger partial charge on any atom is 0.278 e. The molecule has 0 bridgehead atoms. The van der Waals surface area contributed by atoms with Crippen molar-refractivity contribution in [2.75, 3.05) is 6.67 Å². The SMILES string of the molecule is CCC(F)[C@@H](F)CC(F)(F)CF. The molecule has 0 N–H and O–H groups in total. The van der Waals surface area contributed by atoms with Gasteiger partial charge in [0.1, 0.15) is 12.3 Å². The molecule has 0 aliphatic heterocycles. The first-order valence-corrected chi connectivity index (χ1v) is 3.65. The minimum atomic E-state index is -3.74. The second-order valence-corrected chi connectivity index (χ2v) is 2.63. The number of alkyl halides is 5. The fraction of sp³-hybridized carbons (Fsp3) is 1.00. The van der Waals surface area contributed by atoms with Crippen LogP contribution in [0.15, 0.2) is 0 Å². The van der Waals surface area contributed by atoms with Crippen LogP contribution in [0.3, 0.4) is 0 Å². The Bertz CT molecular complexity index is 125. The molecule has 0 aromatic rings. The lowest BCUT2D eigenvalue weighted by atomic mass is 10.1. The summed E-state index contributed by atoms with van der Waals surface area (Å²) in [6.07, 6.45) is -5.76. The molecule has 0 rings (SSSR count). The molecule has 0 aromatic heterocycles. The average molecular weight is 190 g/mol. The number of hydrogen-bond donors (Lipinski definition) is 0. The second kappa shape index (κ2) is 4.62. The van der Waals surface area contributed by atoms with Crippen LogP contribution in [-0.4, -0.2) is 24.9 Å². The first kappa shape index (κ1) is 11.6. The summed E-state index contributed by atoms with van der Waals surface area (Å²) in [4.78, 5) is 0. The average Bonchev–Trinajstić information content (AvgIpc) is 2.02. The number of rotatable bonds is 5. The van der Waals surface area contributed by atoms with Gasteiger partial charge in [-0.15, -0.1) is 0 Å². The molecule has 0 fully saturated rings. The Morgan fingerprint density at radius 1 is 1.17 bits per heavy atom. The van der Waals surface area contributed by atoms with Crippen LogP contribution in [0.25, 0.3) is 0 Å². The molecule has 0 spiro atoms. The van der Waals surface area contributed by atoms with E-state index in [1.54, 1.807) is 0 Å². The molecule has 0 saturated carbocycles. The minimum absolute atomic E-state index is 0.177. The van der Waals surface area contributed by atoms with E-state index in [0.717, 1.165) is 0 Å². The topological polar surface area (TPSA) is 0 Å². The maximum atomic E-state index is 12.5. The number of halogens is 5. The van der Waals surface area contributed by atoms with E-state index in [0.29, 0.717) is 0 Å². The van der Waals surface area contributed by atoms with Crippen molar-refractivity contribution < 1.29 is 22.0 Å². The lowest BCUT2D eigenvalue weighted by Gasteiger charge is -2.17. The molecule has 12 heavy (non-hydrogen) atoms. The highest BCUT2D eigenvalue weighted by molar-refractivity contribution is 4.75. The Morgan fingerprint density at radius 2 is 1.67 bits per heavy atom. The van der Waals surface area contributed by atoms with Crippen molar-refractivity contribution in [1.29, 1.82) is 0 Å². The molecule has 1 unspecified atom stereocenters. The summed E-state index contributed by atoms with van der Waals surface area (Å²) in [6, 6.07) is 0. The summed E-state index contributed by atoms with van der Waals surface area (Å²) in [6.45, 7) is -0.602. The van der Waals surface area contributed by atoms with Crippen molar-refractivity contribution in [1.82, 2.24) is 0 Å². The first-order chi connectivity index (χ1) is 5.43. The van der Waals surface area contributed by atoms with Gasteiger partial charge < -0.3 is 0 Å². The fourth-order valence-electron chi connectivity index (χ4n) is 0.723. The van der Waals surface area contributed by atoms with E-state index < -0.39 is 31.4 Å². The van der Waals surface area contributed by atoms with E-state index in [-0.39, 0.29) is 6.42 Å². The summed E-state index contributed by atoms with van der Waals surface area (Å²) in [7, 11) is 0. The van der Waals surface area contributed by atoms with Crippen LogP contribution in [0.4, 0.5) is 22.0 Å². The molecule has 0 aromatic carbocycles. The lowest BCUT2D eigenvalue weighted by molar-refractivity contribution is -0.0582. The predicted molar refractivity (Wildman–Crippen MR) is 35.6 cm³/mol. The number of hydrogen-bond acceptors (Lipinski definition) is 0. The van der Waals surface area contributed by atoms with Crippen LogP contribution < -0.4 is 0 Å². The summed E-state index contributed by atoms with van der Waals surface area (Å²) in [5.41, 5.74) is 0. The lowest BCUT2D eigenvalue weighted by Crippen LogP contribution is -2.29. The molecule has 0 aliphatic rings. The third kappa shape index (κ3) is 3.88. The Kier molecular flexibility index (Phi) is 4.49. The fourth-order valence-corrected chi connectivity index (χ4v) is 0.723. The zero-order valence-electron chi connectivity index (χ0n) is 6.67.